The molecule has 2 aliphatic rings. The highest BCUT2D eigenvalue weighted by molar-refractivity contribution is 6.30. The summed E-state index contributed by atoms with van der Waals surface area (Å²) in [4.78, 5) is 14.6. The summed E-state index contributed by atoms with van der Waals surface area (Å²) in [7, 11) is 0. The number of nitrogens with one attached hydrogen (secondary N) is 1. The maximum atomic E-state index is 12.7. The lowest BCUT2D eigenvalue weighted by molar-refractivity contribution is -0.136. The number of hydrogen-bond acceptors (Lipinski definition) is 4. The zero-order chi connectivity index (χ0) is 16.8. The van der Waals surface area contributed by atoms with Gasteiger partial charge in [0.25, 0.3) is 0 Å². The van der Waals surface area contributed by atoms with Gasteiger partial charge in [0, 0.05) is 37.9 Å². The quantitative estimate of drug-likeness (QED) is 0.884. The van der Waals surface area contributed by atoms with Crippen LogP contribution in [-0.2, 0) is 14.3 Å². The Morgan fingerprint density at radius 3 is 3.00 bits per heavy atom. The van der Waals surface area contributed by atoms with E-state index in [1.54, 1.807) is 0 Å². The first-order valence-corrected chi connectivity index (χ1v) is 9.07. The van der Waals surface area contributed by atoms with Gasteiger partial charge in [-0.1, -0.05) is 23.7 Å². The van der Waals surface area contributed by atoms with Crippen LogP contribution in [0, 0.1) is 0 Å². The highest BCUT2D eigenvalue weighted by Gasteiger charge is 2.28. The van der Waals surface area contributed by atoms with E-state index in [0.29, 0.717) is 24.6 Å². The average Bonchev–Trinajstić information content (AvgIpc) is 2.62. The molecule has 1 aromatic rings. The molecule has 132 valence electrons. The van der Waals surface area contributed by atoms with Crippen molar-refractivity contribution in [2.24, 2.45) is 0 Å². The van der Waals surface area contributed by atoms with Gasteiger partial charge in [0.2, 0.25) is 5.91 Å². The van der Waals surface area contributed by atoms with Gasteiger partial charge < -0.3 is 19.7 Å². The van der Waals surface area contributed by atoms with Crippen molar-refractivity contribution in [3.8, 4) is 0 Å². The van der Waals surface area contributed by atoms with Crippen LogP contribution < -0.4 is 5.32 Å². The molecule has 0 aliphatic carbocycles. The molecule has 1 amide bonds. The monoisotopic (exact) mass is 352 g/mol. The Morgan fingerprint density at radius 1 is 1.38 bits per heavy atom. The fourth-order valence-corrected chi connectivity index (χ4v) is 3.51. The number of rotatable bonds is 5. The van der Waals surface area contributed by atoms with Crippen molar-refractivity contribution in [1.82, 2.24) is 10.2 Å². The normalized spacial score (nSPS) is 22.5. The summed E-state index contributed by atoms with van der Waals surface area (Å²) in [5.41, 5.74) is 1.08. The summed E-state index contributed by atoms with van der Waals surface area (Å²) >= 11 is 6.11. The molecule has 5 nitrogen and oxygen atoms in total. The summed E-state index contributed by atoms with van der Waals surface area (Å²) in [6, 6.07) is 7.80. The second kappa shape index (κ2) is 8.81. The first kappa shape index (κ1) is 17.7. The van der Waals surface area contributed by atoms with Crippen molar-refractivity contribution in [1.29, 1.82) is 0 Å². The van der Waals surface area contributed by atoms with Gasteiger partial charge in [0.15, 0.2) is 0 Å². The molecule has 1 unspecified atom stereocenters. The molecule has 2 saturated heterocycles. The number of nitrogens with zero attached hydrogens (tertiary/aromatic N) is 1. The molecule has 3 rings (SSSR count). The topological polar surface area (TPSA) is 50.8 Å². The largest absolute Gasteiger partial charge is 0.381 e. The first-order valence-electron chi connectivity index (χ1n) is 8.69. The fraction of sp³-hybridized carbons (Fsp3) is 0.611. The highest BCUT2D eigenvalue weighted by Crippen LogP contribution is 2.25. The molecule has 0 radical (unpaired) electrons. The molecule has 6 heteroatoms. The maximum Gasteiger partial charge on any atom is 0.225 e. The van der Waals surface area contributed by atoms with Gasteiger partial charge in [-0.25, -0.2) is 0 Å². The third-order valence-corrected chi connectivity index (χ3v) is 4.87. The third-order valence-electron chi connectivity index (χ3n) is 4.63. The minimum atomic E-state index is 0.0352. The minimum Gasteiger partial charge on any atom is -0.381 e. The van der Waals surface area contributed by atoms with E-state index in [4.69, 9.17) is 21.1 Å². The number of amides is 1. The van der Waals surface area contributed by atoms with Crippen molar-refractivity contribution >= 4 is 17.5 Å². The SMILES string of the molecule is O=C(CCOC1CCOCC1)N1CCNCC1c1cccc(Cl)c1. The molecule has 24 heavy (non-hydrogen) atoms. The Balaban J connectivity index is 1.55. The molecule has 0 saturated carbocycles. The van der Waals surface area contributed by atoms with E-state index >= 15 is 0 Å². The molecular weight excluding hydrogens is 328 g/mol. The van der Waals surface area contributed by atoms with Crippen LogP contribution in [0.2, 0.25) is 5.02 Å². The second-order valence-electron chi connectivity index (χ2n) is 6.29. The van der Waals surface area contributed by atoms with E-state index in [9.17, 15) is 4.79 Å². The number of carbonyl (C=O) groups is 1. The zero-order valence-corrected chi connectivity index (χ0v) is 14.6. The zero-order valence-electron chi connectivity index (χ0n) is 13.9. The lowest BCUT2D eigenvalue weighted by Gasteiger charge is -2.37. The summed E-state index contributed by atoms with van der Waals surface area (Å²) in [6.45, 7) is 4.29. The molecule has 2 aliphatic heterocycles. The molecular formula is C18H25ClN2O3. The number of piperazine rings is 1. The van der Waals surface area contributed by atoms with Crippen LogP contribution >= 0.6 is 11.6 Å². The van der Waals surface area contributed by atoms with E-state index in [1.807, 2.05) is 29.2 Å². The van der Waals surface area contributed by atoms with E-state index in [0.717, 1.165) is 44.7 Å². The fourth-order valence-electron chi connectivity index (χ4n) is 3.31. The van der Waals surface area contributed by atoms with Crippen molar-refractivity contribution in [2.75, 3.05) is 39.5 Å². The Bertz CT molecular complexity index is 549. The molecule has 1 N–H and O–H groups in total. The number of benzene rings is 1. The van der Waals surface area contributed by atoms with Gasteiger partial charge in [0.1, 0.15) is 0 Å². The van der Waals surface area contributed by atoms with Crippen LogP contribution in [0.1, 0.15) is 30.9 Å². The van der Waals surface area contributed by atoms with Gasteiger partial charge >= 0.3 is 0 Å². The maximum absolute atomic E-state index is 12.7. The summed E-state index contributed by atoms with van der Waals surface area (Å²) in [5, 5.41) is 4.07. The minimum absolute atomic E-state index is 0.0352. The number of carbonyl (C=O) groups excluding carboxylic acids is 1. The van der Waals surface area contributed by atoms with Gasteiger partial charge in [-0.15, -0.1) is 0 Å². The van der Waals surface area contributed by atoms with Crippen molar-refractivity contribution in [3.63, 3.8) is 0 Å². The molecule has 0 bridgehead atoms. The first-order chi connectivity index (χ1) is 11.7. The molecule has 0 aromatic heterocycles. The second-order valence-corrected chi connectivity index (χ2v) is 6.73. The number of ether oxygens (including phenoxy) is 2. The van der Waals surface area contributed by atoms with Crippen molar-refractivity contribution in [3.05, 3.63) is 34.9 Å². The van der Waals surface area contributed by atoms with Gasteiger partial charge in [-0.3, -0.25) is 4.79 Å². The average molecular weight is 353 g/mol. The molecule has 1 aromatic carbocycles. The molecule has 2 heterocycles. The van der Waals surface area contributed by atoms with Crippen LogP contribution in [0.5, 0.6) is 0 Å². The van der Waals surface area contributed by atoms with Crippen LogP contribution in [0.4, 0.5) is 0 Å². The third kappa shape index (κ3) is 4.70. The van der Waals surface area contributed by atoms with Gasteiger partial charge in [-0.2, -0.15) is 0 Å². The van der Waals surface area contributed by atoms with Crippen LogP contribution in [-0.4, -0.2) is 56.4 Å². The smallest absolute Gasteiger partial charge is 0.225 e. The van der Waals surface area contributed by atoms with Gasteiger partial charge in [0.05, 0.1) is 25.2 Å². The Morgan fingerprint density at radius 2 is 2.21 bits per heavy atom. The van der Waals surface area contributed by atoms with Crippen molar-refractivity contribution in [2.45, 2.75) is 31.4 Å². The lowest BCUT2D eigenvalue weighted by Crippen LogP contribution is -2.49. The Labute approximate surface area is 148 Å². The Kier molecular flexibility index (Phi) is 6.49. The van der Waals surface area contributed by atoms with E-state index in [2.05, 4.69) is 5.32 Å². The lowest BCUT2D eigenvalue weighted by atomic mass is 10.0. The van der Waals surface area contributed by atoms with E-state index in [1.165, 1.54) is 0 Å². The van der Waals surface area contributed by atoms with E-state index < -0.39 is 0 Å². The summed E-state index contributed by atoms with van der Waals surface area (Å²) in [6.07, 6.45) is 2.51. The van der Waals surface area contributed by atoms with Crippen LogP contribution in [0.3, 0.4) is 0 Å². The highest BCUT2D eigenvalue weighted by atomic mass is 35.5. The molecule has 2 fully saturated rings. The Hall–Kier alpha value is -1.14. The number of hydrogen-bond donors (Lipinski definition) is 1. The van der Waals surface area contributed by atoms with Crippen LogP contribution in [0.15, 0.2) is 24.3 Å². The number of halogens is 1. The van der Waals surface area contributed by atoms with E-state index in [-0.39, 0.29) is 18.1 Å². The van der Waals surface area contributed by atoms with Crippen LogP contribution in [0.25, 0.3) is 0 Å². The predicted molar refractivity (Wildman–Crippen MR) is 93.2 cm³/mol. The van der Waals surface area contributed by atoms with Gasteiger partial charge in [-0.05, 0) is 30.5 Å². The standard InChI is InChI=1S/C18H25ClN2O3/c19-15-3-1-2-14(12-15)17-13-20-7-8-21(17)18(22)6-11-24-16-4-9-23-10-5-16/h1-3,12,16-17,20H,4-11,13H2. The summed E-state index contributed by atoms with van der Waals surface area (Å²) in [5.74, 6) is 0.147. The predicted octanol–water partition coefficient (Wildman–Crippen LogP) is 2.40. The van der Waals surface area contributed by atoms with Crippen molar-refractivity contribution < 1.29 is 14.3 Å². The molecule has 1 atom stereocenters. The summed E-state index contributed by atoms with van der Waals surface area (Å²) < 4.78 is 11.2. The molecule has 0 spiro atoms.